The third kappa shape index (κ3) is 5.11. The minimum Gasteiger partial charge on any atom is -0.493 e. The van der Waals surface area contributed by atoms with Gasteiger partial charge in [-0.05, 0) is 54.1 Å². The van der Waals surface area contributed by atoms with Gasteiger partial charge in [-0.25, -0.2) is 0 Å². The van der Waals surface area contributed by atoms with Crippen molar-refractivity contribution in [3.63, 3.8) is 0 Å². The van der Waals surface area contributed by atoms with E-state index in [2.05, 4.69) is 6.26 Å². The number of ether oxygens (including phenoxy) is 1. The van der Waals surface area contributed by atoms with Gasteiger partial charge in [0.05, 0.1) is 6.61 Å². The quantitative estimate of drug-likeness (QED) is 0.469. The molecule has 2 nitrogen and oxygen atoms in total. The summed E-state index contributed by atoms with van der Waals surface area (Å²) in [6, 6.07) is 23.4. The molecule has 1 N–H and O–H groups in total. The van der Waals surface area contributed by atoms with E-state index < -0.39 is 5.60 Å². The molecule has 0 radical (unpaired) electrons. The van der Waals surface area contributed by atoms with E-state index in [9.17, 15) is 5.11 Å². The van der Waals surface area contributed by atoms with Gasteiger partial charge in [-0.15, -0.1) is 0 Å². The summed E-state index contributed by atoms with van der Waals surface area (Å²) < 4.78 is 5.75. The Bertz CT molecular complexity index is 876. The molecule has 3 aromatic carbocycles. The summed E-state index contributed by atoms with van der Waals surface area (Å²) in [7, 11) is 0. The molecule has 0 aliphatic heterocycles. The minimum atomic E-state index is -1.14. The first-order chi connectivity index (χ1) is 13.5. The highest BCUT2D eigenvalue weighted by Crippen LogP contribution is 2.34. The lowest BCUT2D eigenvalue weighted by atomic mass is 9.81. The molecule has 28 heavy (non-hydrogen) atoms. The Morgan fingerprint density at radius 2 is 1.46 bits per heavy atom. The van der Waals surface area contributed by atoms with E-state index in [0.29, 0.717) is 18.1 Å². The van der Waals surface area contributed by atoms with Gasteiger partial charge in [0.1, 0.15) is 11.4 Å². The highest BCUT2D eigenvalue weighted by Gasteiger charge is 2.32. The molecule has 0 saturated carbocycles. The number of rotatable bonds is 8. The first-order valence-corrected chi connectivity index (χ1v) is 11.0. The van der Waals surface area contributed by atoms with E-state index in [0.717, 1.165) is 33.8 Å². The largest absolute Gasteiger partial charge is 0.493 e. The molecule has 0 fully saturated rings. The van der Waals surface area contributed by atoms with Gasteiger partial charge in [0.2, 0.25) is 0 Å². The lowest BCUT2D eigenvalue weighted by Gasteiger charge is -2.30. The Morgan fingerprint density at radius 1 is 0.893 bits per heavy atom. The summed E-state index contributed by atoms with van der Waals surface area (Å²) in [6.07, 6.45) is 2.52. The predicted molar refractivity (Wildman–Crippen MR) is 120 cm³/mol. The minimum absolute atomic E-state index is 0.458. The summed E-state index contributed by atoms with van der Waals surface area (Å²) in [6.45, 7) is 2.72. The Labute approximate surface area is 176 Å². The average Bonchev–Trinajstić information content (AvgIpc) is 2.71. The Hall–Kier alpha value is -1.94. The lowest BCUT2D eigenvalue weighted by molar-refractivity contribution is 0.0810. The smallest absolute Gasteiger partial charge is 0.119 e. The zero-order valence-electron chi connectivity index (χ0n) is 16.2. The molecule has 0 heterocycles. The van der Waals surface area contributed by atoms with Crippen LogP contribution >= 0.6 is 23.4 Å². The molecule has 0 aromatic heterocycles. The molecule has 1 unspecified atom stereocenters. The molecule has 0 aliphatic rings. The highest BCUT2D eigenvalue weighted by atomic mass is 35.5. The second-order valence-electron chi connectivity index (χ2n) is 6.90. The molecule has 146 valence electrons. The summed E-state index contributed by atoms with van der Waals surface area (Å²) in [5, 5.41) is 12.5. The number of halogens is 1. The fourth-order valence-corrected chi connectivity index (χ4v) is 3.54. The molecule has 0 amide bonds. The van der Waals surface area contributed by atoms with Crippen LogP contribution in [0.25, 0.3) is 0 Å². The van der Waals surface area contributed by atoms with Crippen LogP contribution in [0.3, 0.4) is 0 Å². The molecular formula is C24H25ClO2S. The van der Waals surface area contributed by atoms with Crippen LogP contribution in [0.15, 0.2) is 72.8 Å². The van der Waals surface area contributed by atoms with Crippen molar-refractivity contribution in [2.75, 3.05) is 18.6 Å². The summed E-state index contributed by atoms with van der Waals surface area (Å²) in [5.74, 6) is 1.77. The fourth-order valence-electron chi connectivity index (χ4n) is 3.17. The molecule has 0 saturated heterocycles. The maximum absolute atomic E-state index is 11.8. The van der Waals surface area contributed by atoms with Gasteiger partial charge < -0.3 is 9.84 Å². The van der Waals surface area contributed by atoms with Crippen LogP contribution in [0.5, 0.6) is 5.75 Å². The van der Waals surface area contributed by atoms with E-state index in [1.165, 1.54) is 0 Å². The number of thioether (sulfide) groups is 1. The van der Waals surface area contributed by atoms with Crippen molar-refractivity contribution >= 4 is 23.4 Å². The van der Waals surface area contributed by atoms with Gasteiger partial charge in [-0.2, -0.15) is 11.8 Å². The van der Waals surface area contributed by atoms with Crippen LogP contribution in [0, 0.1) is 6.92 Å². The van der Waals surface area contributed by atoms with Crippen molar-refractivity contribution in [3.05, 3.63) is 100 Å². The van der Waals surface area contributed by atoms with Crippen LogP contribution in [-0.4, -0.2) is 23.7 Å². The van der Waals surface area contributed by atoms with Crippen LogP contribution in [0.1, 0.15) is 22.3 Å². The van der Waals surface area contributed by atoms with Crippen molar-refractivity contribution in [2.24, 2.45) is 0 Å². The first kappa shape index (κ1) is 20.8. The molecule has 0 bridgehead atoms. The zero-order chi connectivity index (χ0) is 20.0. The number of benzene rings is 3. The standard InChI is InChI=1S/C24H25ClO2S/c1-18-3-7-20(8-4-18)24(26,17-19-5-11-22(25)12-6-19)21-9-13-23(14-10-21)27-15-16-28-2/h3-14,26H,15-17H2,1-2H3. The number of aryl methyl sites for hydroxylation is 1. The normalized spacial score (nSPS) is 13.1. The predicted octanol–water partition coefficient (Wildman–Crippen LogP) is 5.87. The lowest BCUT2D eigenvalue weighted by Crippen LogP contribution is -2.30. The molecule has 0 aliphatic carbocycles. The number of hydrogen-bond acceptors (Lipinski definition) is 3. The Balaban J connectivity index is 1.93. The summed E-state index contributed by atoms with van der Waals surface area (Å²) in [5.41, 5.74) is 2.75. The SMILES string of the molecule is CSCCOc1ccc(C(O)(Cc2ccc(Cl)cc2)c2ccc(C)cc2)cc1. The van der Waals surface area contributed by atoms with Gasteiger partial charge in [-0.3, -0.25) is 0 Å². The van der Waals surface area contributed by atoms with E-state index in [-0.39, 0.29) is 0 Å². The van der Waals surface area contributed by atoms with Gasteiger partial charge in [0, 0.05) is 17.2 Å². The molecule has 4 heteroatoms. The maximum atomic E-state index is 11.8. The van der Waals surface area contributed by atoms with Crippen molar-refractivity contribution in [2.45, 2.75) is 18.9 Å². The molecule has 1 atom stereocenters. The third-order valence-corrected chi connectivity index (χ3v) is 5.62. The summed E-state index contributed by atoms with van der Waals surface area (Å²) >= 11 is 7.78. The number of hydrogen-bond donors (Lipinski definition) is 1. The van der Waals surface area contributed by atoms with Crippen molar-refractivity contribution in [3.8, 4) is 5.75 Å². The van der Waals surface area contributed by atoms with Crippen LogP contribution in [-0.2, 0) is 12.0 Å². The van der Waals surface area contributed by atoms with Crippen LogP contribution in [0.4, 0.5) is 0 Å². The third-order valence-electron chi connectivity index (χ3n) is 4.79. The highest BCUT2D eigenvalue weighted by molar-refractivity contribution is 7.98. The fraction of sp³-hybridized carbons (Fsp3) is 0.250. The van der Waals surface area contributed by atoms with Crippen LogP contribution < -0.4 is 4.74 Å². The molecule has 3 aromatic rings. The van der Waals surface area contributed by atoms with E-state index in [1.54, 1.807) is 11.8 Å². The van der Waals surface area contributed by atoms with Gasteiger partial charge in [0.15, 0.2) is 0 Å². The van der Waals surface area contributed by atoms with E-state index in [4.69, 9.17) is 16.3 Å². The number of aliphatic hydroxyl groups is 1. The second kappa shape index (κ2) is 9.51. The Kier molecular flexibility index (Phi) is 7.06. The topological polar surface area (TPSA) is 29.5 Å². The van der Waals surface area contributed by atoms with Gasteiger partial charge in [-0.1, -0.05) is 65.7 Å². The summed E-state index contributed by atoms with van der Waals surface area (Å²) in [4.78, 5) is 0. The van der Waals surface area contributed by atoms with Crippen molar-refractivity contribution in [1.82, 2.24) is 0 Å². The molecule has 3 rings (SSSR count). The molecule has 0 spiro atoms. The maximum Gasteiger partial charge on any atom is 0.119 e. The molecular weight excluding hydrogens is 388 g/mol. The average molecular weight is 413 g/mol. The van der Waals surface area contributed by atoms with Gasteiger partial charge in [0.25, 0.3) is 0 Å². The van der Waals surface area contributed by atoms with Crippen molar-refractivity contribution in [1.29, 1.82) is 0 Å². The monoisotopic (exact) mass is 412 g/mol. The van der Waals surface area contributed by atoms with E-state index in [1.807, 2.05) is 79.7 Å². The second-order valence-corrected chi connectivity index (χ2v) is 8.32. The van der Waals surface area contributed by atoms with E-state index >= 15 is 0 Å². The van der Waals surface area contributed by atoms with Gasteiger partial charge >= 0.3 is 0 Å². The Morgan fingerprint density at radius 3 is 2.04 bits per heavy atom. The zero-order valence-corrected chi connectivity index (χ0v) is 17.8. The first-order valence-electron chi connectivity index (χ1n) is 9.27. The van der Waals surface area contributed by atoms with Crippen molar-refractivity contribution < 1.29 is 9.84 Å². The van der Waals surface area contributed by atoms with Crippen LogP contribution in [0.2, 0.25) is 5.02 Å².